The first-order chi connectivity index (χ1) is 7.27. The smallest absolute Gasteiger partial charge is 0.00964 e. The molecule has 1 saturated carbocycles. The van der Waals surface area contributed by atoms with Crippen molar-refractivity contribution < 1.29 is 0 Å². The van der Waals surface area contributed by atoms with E-state index in [1.165, 1.54) is 45.2 Å². The van der Waals surface area contributed by atoms with Crippen LogP contribution < -0.4 is 5.32 Å². The van der Waals surface area contributed by atoms with Crippen molar-refractivity contribution in [3.63, 3.8) is 0 Å². The molecular formula is C13H28N2. The maximum atomic E-state index is 3.48. The topological polar surface area (TPSA) is 15.3 Å². The van der Waals surface area contributed by atoms with Crippen LogP contribution in [0.25, 0.3) is 0 Å². The molecular weight excluding hydrogens is 184 g/mol. The molecule has 1 aliphatic carbocycles. The van der Waals surface area contributed by atoms with Gasteiger partial charge < -0.3 is 10.2 Å². The van der Waals surface area contributed by atoms with E-state index in [4.69, 9.17) is 0 Å². The zero-order valence-corrected chi connectivity index (χ0v) is 10.8. The second-order valence-electron chi connectivity index (χ2n) is 4.87. The number of rotatable bonds is 9. The molecule has 15 heavy (non-hydrogen) atoms. The summed E-state index contributed by atoms with van der Waals surface area (Å²) in [4.78, 5) is 2.69. The standard InChI is InChI=1S/C13H28N2/c1-4-10-15(13-8-9-13)11-6-7-12(3)14-5-2/h12-14H,4-11H2,1-3H3. The first-order valence-corrected chi connectivity index (χ1v) is 6.75. The van der Waals surface area contributed by atoms with Gasteiger partial charge in [0.1, 0.15) is 0 Å². The normalized spacial score (nSPS) is 18.4. The summed E-state index contributed by atoms with van der Waals surface area (Å²) in [5, 5.41) is 3.48. The third-order valence-corrected chi connectivity index (χ3v) is 3.21. The largest absolute Gasteiger partial charge is 0.315 e. The summed E-state index contributed by atoms with van der Waals surface area (Å²) in [5.74, 6) is 0. The third-order valence-electron chi connectivity index (χ3n) is 3.21. The van der Waals surface area contributed by atoms with Gasteiger partial charge in [-0.2, -0.15) is 0 Å². The Balaban J connectivity index is 2.05. The van der Waals surface area contributed by atoms with Crippen molar-refractivity contribution in [3.8, 4) is 0 Å². The van der Waals surface area contributed by atoms with Gasteiger partial charge in [0.2, 0.25) is 0 Å². The van der Waals surface area contributed by atoms with E-state index in [0.29, 0.717) is 6.04 Å². The van der Waals surface area contributed by atoms with Gasteiger partial charge >= 0.3 is 0 Å². The fourth-order valence-corrected chi connectivity index (χ4v) is 2.25. The molecule has 0 spiro atoms. The van der Waals surface area contributed by atoms with Crippen LogP contribution in [0.5, 0.6) is 0 Å². The Morgan fingerprint density at radius 1 is 1.27 bits per heavy atom. The Kier molecular flexibility index (Phi) is 6.26. The average molecular weight is 212 g/mol. The first-order valence-electron chi connectivity index (χ1n) is 6.75. The first kappa shape index (κ1) is 13.0. The van der Waals surface area contributed by atoms with E-state index < -0.39 is 0 Å². The summed E-state index contributed by atoms with van der Waals surface area (Å²) in [6.45, 7) is 10.5. The zero-order chi connectivity index (χ0) is 11.1. The van der Waals surface area contributed by atoms with E-state index >= 15 is 0 Å². The highest BCUT2D eigenvalue weighted by molar-refractivity contribution is 4.84. The number of hydrogen-bond acceptors (Lipinski definition) is 2. The molecule has 0 radical (unpaired) electrons. The summed E-state index contributed by atoms with van der Waals surface area (Å²) >= 11 is 0. The lowest BCUT2D eigenvalue weighted by molar-refractivity contribution is 0.254. The molecule has 1 unspecified atom stereocenters. The van der Waals surface area contributed by atoms with E-state index in [2.05, 4.69) is 31.0 Å². The molecule has 2 nitrogen and oxygen atoms in total. The number of nitrogens with zero attached hydrogens (tertiary/aromatic N) is 1. The molecule has 1 atom stereocenters. The zero-order valence-electron chi connectivity index (χ0n) is 10.8. The molecule has 2 heteroatoms. The van der Waals surface area contributed by atoms with E-state index in [-0.39, 0.29) is 0 Å². The third kappa shape index (κ3) is 5.53. The Hall–Kier alpha value is -0.0800. The molecule has 0 aromatic rings. The maximum absolute atomic E-state index is 3.48. The minimum Gasteiger partial charge on any atom is -0.315 e. The monoisotopic (exact) mass is 212 g/mol. The second kappa shape index (κ2) is 7.24. The highest BCUT2D eigenvalue weighted by Crippen LogP contribution is 2.27. The number of nitrogens with one attached hydrogen (secondary N) is 1. The van der Waals surface area contributed by atoms with E-state index in [9.17, 15) is 0 Å². The van der Waals surface area contributed by atoms with Gasteiger partial charge in [-0.3, -0.25) is 0 Å². The van der Waals surface area contributed by atoms with Gasteiger partial charge in [-0.1, -0.05) is 13.8 Å². The molecule has 0 aliphatic heterocycles. The van der Waals surface area contributed by atoms with Crippen molar-refractivity contribution in [1.82, 2.24) is 10.2 Å². The Labute approximate surface area is 95.4 Å². The van der Waals surface area contributed by atoms with Crippen molar-refractivity contribution >= 4 is 0 Å². The molecule has 1 aliphatic rings. The van der Waals surface area contributed by atoms with Crippen LogP contribution in [0.15, 0.2) is 0 Å². The van der Waals surface area contributed by atoms with Crippen molar-refractivity contribution in [1.29, 1.82) is 0 Å². The fraction of sp³-hybridized carbons (Fsp3) is 1.00. The molecule has 0 bridgehead atoms. The summed E-state index contributed by atoms with van der Waals surface area (Å²) in [6, 6.07) is 1.64. The lowest BCUT2D eigenvalue weighted by Crippen LogP contribution is -2.30. The Morgan fingerprint density at radius 3 is 2.53 bits per heavy atom. The fourth-order valence-electron chi connectivity index (χ4n) is 2.25. The second-order valence-corrected chi connectivity index (χ2v) is 4.87. The van der Waals surface area contributed by atoms with Crippen LogP contribution in [0.3, 0.4) is 0 Å². The predicted octanol–water partition coefficient (Wildman–Crippen LogP) is 2.64. The highest BCUT2D eigenvalue weighted by Gasteiger charge is 2.27. The lowest BCUT2D eigenvalue weighted by Gasteiger charge is -2.22. The molecule has 0 aromatic heterocycles. The molecule has 0 heterocycles. The molecule has 1 N–H and O–H groups in total. The Bertz CT molecular complexity index is 155. The summed E-state index contributed by atoms with van der Waals surface area (Å²) in [7, 11) is 0. The average Bonchev–Trinajstić information content (AvgIpc) is 3.00. The maximum Gasteiger partial charge on any atom is 0.00964 e. The highest BCUT2D eigenvalue weighted by atomic mass is 15.2. The Morgan fingerprint density at radius 2 is 2.00 bits per heavy atom. The van der Waals surface area contributed by atoms with Crippen LogP contribution >= 0.6 is 0 Å². The molecule has 1 rings (SSSR count). The number of hydrogen-bond donors (Lipinski definition) is 1. The van der Waals surface area contributed by atoms with Crippen LogP contribution in [-0.2, 0) is 0 Å². The van der Waals surface area contributed by atoms with Crippen LogP contribution in [-0.4, -0.2) is 36.6 Å². The quantitative estimate of drug-likeness (QED) is 0.632. The van der Waals surface area contributed by atoms with Crippen LogP contribution in [0.4, 0.5) is 0 Å². The molecule has 90 valence electrons. The van der Waals surface area contributed by atoms with Gasteiger partial charge in [0.15, 0.2) is 0 Å². The van der Waals surface area contributed by atoms with Crippen molar-refractivity contribution in [2.45, 2.75) is 65.0 Å². The van der Waals surface area contributed by atoms with Crippen molar-refractivity contribution in [2.24, 2.45) is 0 Å². The van der Waals surface area contributed by atoms with Gasteiger partial charge in [-0.05, 0) is 58.7 Å². The SMILES string of the molecule is CCCN(CCCC(C)NCC)C1CC1. The molecule has 1 fully saturated rings. The minimum absolute atomic E-state index is 0.692. The van der Waals surface area contributed by atoms with Gasteiger partial charge in [-0.25, -0.2) is 0 Å². The summed E-state index contributed by atoms with van der Waals surface area (Å²) in [5.41, 5.74) is 0. The van der Waals surface area contributed by atoms with Gasteiger partial charge in [0.05, 0.1) is 0 Å². The molecule has 0 saturated heterocycles. The molecule has 0 amide bonds. The van der Waals surface area contributed by atoms with Gasteiger partial charge in [0, 0.05) is 12.1 Å². The van der Waals surface area contributed by atoms with E-state index in [1.807, 2.05) is 0 Å². The predicted molar refractivity (Wildman–Crippen MR) is 67.3 cm³/mol. The van der Waals surface area contributed by atoms with E-state index in [0.717, 1.165) is 12.6 Å². The van der Waals surface area contributed by atoms with Gasteiger partial charge in [-0.15, -0.1) is 0 Å². The minimum atomic E-state index is 0.692. The van der Waals surface area contributed by atoms with Crippen LogP contribution in [0.2, 0.25) is 0 Å². The van der Waals surface area contributed by atoms with Gasteiger partial charge in [0.25, 0.3) is 0 Å². The summed E-state index contributed by atoms with van der Waals surface area (Å²) in [6.07, 6.45) is 6.87. The van der Waals surface area contributed by atoms with Crippen molar-refractivity contribution in [2.75, 3.05) is 19.6 Å². The van der Waals surface area contributed by atoms with Crippen LogP contribution in [0, 0.1) is 0 Å². The lowest BCUT2D eigenvalue weighted by atomic mass is 10.1. The van der Waals surface area contributed by atoms with Crippen molar-refractivity contribution in [3.05, 3.63) is 0 Å². The summed E-state index contributed by atoms with van der Waals surface area (Å²) < 4.78 is 0. The van der Waals surface area contributed by atoms with Crippen LogP contribution in [0.1, 0.15) is 52.9 Å². The van der Waals surface area contributed by atoms with E-state index in [1.54, 1.807) is 0 Å². The molecule has 0 aromatic carbocycles.